The second-order valence-corrected chi connectivity index (χ2v) is 5.60. The molecule has 6 heteroatoms. The predicted octanol–water partition coefficient (Wildman–Crippen LogP) is 3.77. The summed E-state index contributed by atoms with van der Waals surface area (Å²) < 4.78 is 0. The molecular formula is C18H17NO5. The van der Waals surface area contributed by atoms with Gasteiger partial charge in [-0.15, -0.1) is 0 Å². The van der Waals surface area contributed by atoms with Gasteiger partial charge in [0.2, 0.25) is 0 Å². The van der Waals surface area contributed by atoms with Crippen molar-refractivity contribution in [1.29, 1.82) is 0 Å². The normalized spacial score (nSPS) is 11.5. The van der Waals surface area contributed by atoms with E-state index < -0.39 is 16.4 Å². The molecule has 0 amide bonds. The number of hydrogen-bond donors (Lipinski definition) is 2. The van der Waals surface area contributed by atoms with E-state index in [9.17, 15) is 25.1 Å². The Hall–Kier alpha value is -3.15. The van der Waals surface area contributed by atoms with Crippen molar-refractivity contribution in [3.8, 4) is 11.5 Å². The maximum Gasteiger partial charge on any atom is 0.311 e. The van der Waals surface area contributed by atoms with E-state index >= 15 is 0 Å². The number of nitro benzene ring substituents is 1. The Balaban J connectivity index is 2.65. The van der Waals surface area contributed by atoms with E-state index in [1.54, 1.807) is 38.1 Å². The van der Waals surface area contributed by atoms with Gasteiger partial charge in [-0.1, -0.05) is 44.2 Å². The van der Waals surface area contributed by atoms with Gasteiger partial charge < -0.3 is 10.2 Å². The summed E-state index contributed by atoms with van der Waals surface area (Å²) in [5, 5.41) is 30.5. The zero-order valence-corrected chi connectivity index (χ0v) is 13.3. The van der Waals surface area contributed by atoms with Crippen LogP contribution in [0.4, 0.5) is 5.69 Å². The Morgan fingerprint density at radius 1 is 1.12 bits per heavy atom. The smallest absolute Gasteiger partial charge is 0.311 e. The zero-order valence-electron chi connectivity index (χ0n) is 13.3. The van der Waals surface area contributed by atoms with E-state index in [1.165, 1.54) is 6.08 Å². The second-order valence-electron chi connectivity index (χ2n) is 5.60. The van der Waals surface area contributed by atoms with Crippen LogP contribution in [0.25, 0.3) is 11.6 Å². The molecule has 0 fully saturated rings. The van der Waals surface area contributed by atoms with E-state index in [4.69, 9.17) is 0 Å². The molecular weight excluding hydrogens is 310 g/mol. The number of Topliss-reactive ketones (excluding diaryl/α,β-unsaturated/α-hetero) is 1. The highest BCUT2D eigenvalue weighted by Gasteiger charge is 2.20. The van der Waals surface area contributed by atoms with Crippen molar-refractivity contribution in [2.45, 2.75) is 13.8 Å². The number of carbonyl (C=O) groups is 1. The van der Waals surface area contributed by atoms with Crippen LogP contribution < -0.4 is 0 Å². The number of nitrogens with zero attached hydrogens (tertiary/aromatic N) is 1. The molecule has 0 unspecified atom stereocenters. The number of nitro groups is 1. The minimum Gasteiger partial charge on any atom is -0.507 e. The average molecular weight is 327 g/mol. The van der Waals surface area contributed by atoms with Crippen LogP contribution in [0.5, 0.6) is 11.5 Å². The highest BCUT2D eigenvalue weighted by Crippen LogP contribution is 2.35. The Morgan fingerprint density at radius 2 is 1.75 bits per heavy atom. The molecule has 0 heterocycles. The van der Waals surface area contributed by atoms with E-state index in [1.807, 2.05) is 6.07 Å². The van der Waals surface area contributed by atoms with Crippen LogP contribution in [-0.4, -0.2) is 20.9 Å². The van der Waals surface area contributed by atoms with Gasteiger partial charge in [0.15, 0.2) is 11.5 Å². The van der Waals surface area contributed by atoms with Crippen LogP contribution in [0.2, 0.25) is 0 Å². The van der Waals surface area contributed by atoms with Gasteiger partial charge in [-0.3, -0.25) is 14.9 Å². The molecule has 2 aromatic carbocycles. The van der Waals surface area contributed by atoms with Crippen molar-refractivity contribution in [2.75, 3.05) is 0 Å². The fourth-order valence-corrected chi connectivity index (χ4v) is 2.22. The summed E-state index contributed by atoms with van der Waals surface area (Å²) in [6, 6.07) is 10.8. The molecule has 0 radical (unpaired) electrons. The molecule has 0 atom stereocenters. The lowest BCUT2D eigenvalue weighted by Gasteiger charge is -2.11. The summed E-state index contributed by atoms with van der Waals surface area (Å²) in [5.41, 5.74) is 0.531. The maximum absolute atomic E-state index is 12.5. The summed E-state index contributed by atoms with van der Waals surface area (Å²) in [7, 11) is 0. The number of phenols is 2. The zero-order chi connectivity index (χ0) is 17.9. The molecule has 124 valence electrons. The van der Waals surface area contributed by atoms with Crippen LogP contribution >= 0.6 is 0 Å². The fourth-order valence-electron chi connectivity index (χ4n) is 2.22. The lowest BCUT2D eigenvalue weighted by molar-refractivity contribution is -0.385. The number of benzene rings is 2. The highest BCUT2D eigenvalue weighted by atomic mass is 16.6. The largest absolute Gasteiger partial charge is 0.507 e. The van der Waals surface area contributed by atoms with Crippen molar-refractivity contribution in [2.24, 2.45) is 5.92 Å². The molecule has 0 bridgehead atoms. The first-order chi connectivity index (χ1) is 11.3. The molecule has 0 aliphatic rings. The number of allylic oxidation sites excluding steroid dienone is 1. The number of aromatic hydroxyl groups is 2. The minimum absolute atomic E-state index is 0.0901. The van der Waals surface area contributed by atoms with Gasteiger partial charge in [0.05, 0.1) is 4.92 Å². The average Bonchev–Trinajstić information content (AvgIpc) is 2.54. The third-order valence-corrected chi connectivity index (χ3v) is 3.50. The molecule has 6 nitrogen and oxygen atoms in total. The third kappa shape index (κ3) is 3.60. The van der Waals surface area contributed by atoms with Gasteiger partial charge >= 0.3 is 5.69 Å². The van der Waals surface area contributed by atoms with Crippen LogP contribution in [0, 0.1) is 16.0 Å². The lowest BCUT2D eigenvalue weighted by atomic mass is 9.93. The number of phenolic OH excluding ortho intramolecular Hbond substituents is 2. The molecule has 0 aliphatic heterocycles. The van der Waals surface area contributed by atoms with Crippen LogP contribution in [0.3, 0.4) is 0 Å². The van der Waals surface area contributed by atoms with Gasteiger partial charge in [0, 0.05) is 29.2 Å². The highest BCUT2D eigenvalue weighted by molar-refractivity contribution is 6.26. The minimum atomic E-state index is -0.751. The van der Waals surface area contributed by atoms with Gasteiger partial charge in [-0.2, -0.15) is 0 Å². The second kappa shape index (κ2) is 6.95. The van der Waals surface area contributed by atoms with Crippen molar-refractivity contribution < 1.29 is 19.9 Å². The van der Waals surface area contributed by atoms with Gasteiger partial charge in [-0.05, 0) is 11.6 Å². The molecule has 0 aromatic heterocycles. The number of hydrogen-bond acceptors (Lipinski definition) is 5. The molecule has 2 rings (SSSR count). The van der Waals surface area contributed by atoms with Crippen molar-refractivity contribution in [3.05, 3.63) is 63.7 Å². The predicted molar refractivity (Wildman–Crippen MR) is 90.6 cm³/mol. The Bertz CT molecular complexity index is 810. The van der Waals surface area contributed by atoms with Gasteiger partial charge in [0.25, 0.3) is 0 Å². The lowest BCUT2D eigenvalue weighted by Crippen LogP contribution is -2.09. The van der Waals surface area contributed by atoms with Crippen molar-refractivity contribution in [3.63, 3.8) is 0 Å². The van der Waals surface area contributed by atoms with E-state index in [2.05, 4.69) is 0 Å². The molecule has 0 spiro atoms. The molecule has 0 saturated heterocycles. The number of rotatable bonds is 5. The topological polar surface area (TPSA) is 101 Å². The van der Waals surface area contributed by atoms with Crippen LogP contribution in [0.1, 0.15) is 25.0 Å². The standard InChI is InChI=1S/C18H17NO5/c1-11(2)18(22)14(12-6-4-3-5-7-12)8-13-9-15(19(23)24)17(21)10-16(13)20/h3-11,20-21H,1-2H3/b14-8+. The summed E-state index contributed by atoms with van der Waals surface area (Å²) in [4.78, 5) is 22.7. The van der Waals surface area contributed by atoms with Crippen molar-refractivity contribution >= 4 is 23.1 Å². The molecule has 2 aromatic rings. The summed E-state index contributed by atoms with van der Waals surface area (Å²) >= 11 is 0. The quantitative estimate of drug-likeness (QED) is 0.377. The van der Waals surface area contributed by atoms with E-state index in [0.29, 0.717) is 11.1 Å². The van der Waals surface area contributed by atoms with E-state index in [-0.39, 0.29) is 23.0 Å². The third-order valence-electron chi connectivity index (χ3n) is 3.50. The summed E-state index contributed by atoms with van der Waals surface area (Å²) in [6.07, 6.45) is 1.40. The molecule has 0 aliphatic carbocycles. The molecule has 24 heavy (non-hydrogen) atoms. The van der Waals surface area contributed by atoms with Crippen LogP contribution in [0.15, 0.2) is 42.5 Å². The summed E-state index contributed by atoms with van der Waals surface area (Å²) in [6.45, 7) is 3.50. The first kappa shape index (κ1) is 17.2. The first-order valence-electron chi connectivity index (χ1n) is 7.33. The monoisotopic (exact) mass is 327 g/mol. The van der Waals surface area contributed by atoms with E-state index in [0.717, 1.165) is 12.1 Å². The number of carbonyl (C=O) groups excluding carboxylic acids is 1. The Labute approximate surface area is 138 Å². The summed E-state index contributed by atoms with van der Waals surface area (Å²) in [5.74, 6) is -1.42. The van der Waals surface area contributed by atoms with Crippen molar-refractivity contribution in [1.82, 2.24) is 0 Å². The van der Waals surface area contributed by atoms with Gasteiger partial charge in [0.1, 0.15) is 5.75 Å². The van der Waals surface area contributed by atoms with Crippen LogP contribution in [-0.2, 0) is 4.79 Å². The SMILES string of the molecule is CC(C)C(=O)/C(=C/c1cc([N+](=O)[O-])c(O)cc1O)c1ccccc1. The Morgan fingerprint density at radius 3 is 2.29 bits per heavy atom. The molecule has 0 saturated carbocycles. The fraction of sp³-hybridized carbons (Fsp3) is 0.167. The maximum atomic E-state index is 12.5. The first-order valence-corrected chi connectivity index (χ1v) is 7.33. The Kier molecular flexibility index (Phi) is 4.99. The number of ketones is 1. The van der Waals surface area contributed by atoms with Gasteiger partial charge in [-0.25, -0.2) is 0 Å². The molecule has 2 N–H and O–H groups in total.